The lowest BCUT2D eigenvalue weighted by Crippen LogP contribution is -2.19. The molecule has 2 aromatic rings. The average Bonchev–Trinajstić information content (AvgIpc) is 2.64. The number of methoxy groups -OCH3 is 1. The highest BCUT2D eigenvalue weighted by atomic mass is 16.5. The van der Waals surface area contributed by atoms with Crippen LogP contribution in [0.1, 0.15) is 36.6 Å². The Morgan fingerprint density at radius 1 is 1.24 bits per heavy atom. The maximum atomic E-state index is 11.3. The second kappa shape index (κ2) is 8.74. The van der Waals surface area contributed by atoms with Crippen LogP contribution in [0.15, 0.2) is 42.5 Å². The van der Waals surface area contributed by atoms with Crippen LogP contribution >= 0.6 is 0 Å². The Labute approximate surface area is 148 Å². The summed E-state index contributed by atoms with van der Waals surface area (Å²) in [6.07, 6.45) is 0.876. The topological polar surface area (TPSA) is 71.3 Å². The van der Waals surface area contributed by atoms with Crippen LogP contribution in [0, 0.1) is 11.3 Å². The van der Waals surface area contributed by atoms with Crippen molar-refractivity contribution in [1.82, 2.24) is 0 Å². The van der Waals surface area contributed by atoms with Gasteiger partial charge in [-0.15, -0.1) is 0 Å². The second-order valence-electron chi connectivity index (χ2n) is 5.66. The van der Waals surface area contributed by atoms with Gasteiger partial charge in [0.25, 0.3) is 0 Å². The van der Waals surface area contributed by atoms with Crippen molar-refractivity contribution in [2.75, 3.05) is 19.0 Å². The third-order valence-corrected chi connectivity index (χ3v) is 3.84. The number of rotatable bonds is 7. The first kappa shape index (κ1) is 18.3. The summed E-state index contributed by atoms with van der Waals surface area (Å²) >= 11 is 0. The van der Waals surface area contributed by atoms with Crippen molar-refractivity contribution < 1.29 is 14.3 Å². The number of hydrogen-bond acceptors (Lipinski definition) is 5. The SMILES string of the molecule is CCc1cc(OC)cc(C(COC(C)=O)Nc2ccc(C#N)cc2)c1. The summed E-state index contributed by atoms with van der Waals surface area (Å²) in [6, 6.07) is 15.0. The zero-order valence-electron chi connectivity index (χ0n) is 14.7. The van der Waals surface area contributed by atoms with Crippen LogP contribution in [0.5, 0.6) is 5.75 Å². The zero-order valence-corrected chi connectivity index (χ0v) is 14.7. The minimum Gasteiger partial charge on any atom is -0.497 e. The first-order valence-corrected chi connectivity index (χ1v) is 8.13. The van der Waals surface area contributed by atoms with E-state index in [1.807, 2.05) is 24.3 Å². The fourth-order valence-electron chi connectivity index (χ4n) is 2.47. The third-order valence-electron chi connectivity index (χ3n) is 3.84. The van der Waals surface area contributed by atoms with Crippen molar-refractivity contribution in [3.8, 4) is 11.8 Å². The average molecular weight is 338 g/mol. The molecular weight excluding hydrogens is 316 g/mol. The molecule has 0 aliphatic heterocycles. The van der Waals surface area contributed by atoms with E-state index >= 15 is 0 Å². The van der Waals surface area contributed by atoms with Crippen molar-refractivity contribution in [1.29, 1.82) is 5.26 Å². The molecule has 0 amide bonds. The van der Waals surface area contributed by atoms with Gasteiger partial charge in [-0.3, -0.25) is 4.79 Å². The van der Waals surface area contributed by atoms with Crippen molar-refractivity contribution in [3.05, 3.63) is 59.2 Å². The van der Waals surface area contributed by atoms with E-state index in [0.717, 1.165) is 29.0 Å². The van der Waals surface area contributed by atoms with Crippen LogP contribution in [0.3, 0.4) is 0 Å². The van der Waals surface area contributed by atoms with Gasteiger partial charge < -0.3 is 14.8 Å². The Balaban J connectivity index is 2.31. The molecule has 0 spiro atoms. The molecule has 1 N–H and O–H groups in total. The number of esters is 1. The van der Waals surface area contributed by atoms with E-state index in [4.69, 9.17) is 14.7 Å². The van der Waals surface area contributed by atoms with Crippen LogP contribution in [0.25, 0.3) is 0 Å². The Morgan fingerprint density at radius 3 is 2.52 bits per heavy atom. The zero-order chi connectivity index (χ0) is 18.2. The van der Waals surface area contributed by atoms with Crippen molar-refractivity contribution in [2.45, 2.75) is 26.3 Å². The highest BCUT2D eigenvalue weighted by Gasteiger charge is 2.15. The first-order valence-electron chi connectivity index (χ1n) is 8.13. The van der Waals surface area contributed by atoms with E-state index in [0.29, 0.717) is 5.56 Å². The van der Waals surface area contributed by atoms with Crippen LogP contribution in [0.4, 0.5) is 5.69 Å². The van der Waals surface area contributed by atoms with Gasteiger partial charge in [0, 0.05) is 12.6 Å². The monoisotopic (exact) mass is 338 g/mol. The minimum absolute atomic E-state index is 0.200. The number of carbonyl (C=O) groups excluding carboxylic acids is 1. The molecule has 0 saturated heterocycles. The summed E-state index contributed by atoms with van der Waals surface area (Å²) in [5.74, 6) is 0.439. The van der Waals surface area contributed by atoms with Gasteiger partial charge in [0.05, 0.1) is 24.8 Å². The fraction of sp³-hybridized carbons (Fsp3) is 0.300. The van der Waals surface area contributed by atoms with E-state index < -0.39 is 0 Å². The number of nitrogens with one attached hydrogen (secondary N) is 1. The highest BCUT2D eigenvalue weighted by Crippen LogP contribution is 2.26. The predicted octanol–water partition coefficient (Wildman–Crippen LogP) is 3.85. The molecule has 0 fully saturated rings. The molecule has 1 atom stereocenters. The van der Waals surface area contributed by atoms with Gasteiger partial charge in [-0.25, -0.2) is 0 Å². The van der Waals surface area contributed by atoms with Crippen LogP contribution in [-0.2, 0) is 16.0 Å². The summed E-state index contributed by atoms with van der Waals surface area (Å²) in [5.41, 5.74) is 3.55. The van der Waals surface area contributed by atoms with Crippen LogP contribution in [0.2, 0.25) is 0 Å². The molecule has 2 rings (SSSR count). The summed E-state index contributed by atoms with van der Waals surface area (Å²) in [7, 11) is 1.63. The van der Waals surface area contributed by atoms with Gasteiger partial charge in [-0.1, -0.05) is 13.0 Å². The summed E-state index contributed by atoms with van der Waals surface area (Å²) in [5, 5.41) is 12.3. The fourth-order valence-corrected chi connectivity index (χ4v) is 2.47. The second-order valence-corrected chi connectivity index (χ2v) is 5.66. The molecule has 1 unspecified atom stereocenters. The number of aryl methyl sites for hydroxylation is 1. The number of hydrogen-bond donors (Lipinski definition) is 1. The molecule has 2 aromatic carbocycles. The maximum Gasteiger partial charge on any atom is 0.302 e. The van der Waals surface area contributed by atoms with Gasteiger partial charge in [-0.2, -0.15) is 5.26 Å². The summed E-state index contributed by atoms with van der Waals surface area (Å²) in [4.78, 5) is 11.3. The lowest BCUT2D eigenvalue weighted by Gasteiger charge is -2.21. The van der Waals surface area contributed by atoms with Crippen molar-refractivity contribution in [2.24, 2.45) is 0 Å². The Kier molecular flexibility index (Phi) is 6.41. The molecule has 0 saturated carbocycles. The van der Waals surface area contributed by atoms with Gasteiger partial charge in [0.2, 0.25) is 0 Å². The number of anilines is 1. The molecule has 0 aliphatic carbocycles. The van der Waals surface area contributed by atoms with Crippen molar-refractivity contribution in [3.63, 3.8) is 0 Å². The van der Waals surface area contributed by atoms with E-state index in [2.05, 4.69) is 24.4 Å². The highest BCUT2D eigenvalue weighted by molar-refractivity contribution is 5.66. The number of ether oxygens (including phenoxy) is 2. The molecule has 0 radical (unpaired) electrons. The number of carbonyl (C=O) groups is 1. The first-order chi connectivity index (χ1) is 12.0. The summed E-state index contributed by atoms with van der Waals surface area (Å²) in [6.45, 7) is 3.67. The van der Waals surface area contributed by atoms with E-state index in [-0.39, 0.29) is 18.6 Å². The number of benzene rings is 2. The molecule has 25 heavy (non-hydrogen) atoms. The molecule has 0 heterocycles. The molecule has 5 heteroatoms. The van der Waals surface area contributed by atoms with Gasteiger partial charge in [0.1, 0.15) is 12.4 Å². The standard InChI is InChI=1S/C20H22N2O3/c1-4-15-9-17(11-19(10-15)24-3)20(13-25-14(2)23)22-18-7-5-16(12-21)6-8-18/h5-11,20,22H,4,13H2,1-3H3. The van der Waals surface area contributed by atoms with Gasteiger partial charge in [0.15, 0.2) is 0 Å². The molecule has 0 aromatic heterocycles. The molecular formula is C20H22N2O3. The summed E-state index contributed by atoms with van der Waals surface area (Å²) < 4.78 is 10.6. The van der Waals surface area contributed by atoms with Crippen molar-refractivity contribution >= 4 is 11.7 Å². The normalized spacial score (nSPS) is 11.3. The number of nitrogens with zero attached hydrogens (tertiary/aromatic N) is 1. The molecule has 0 aliphatic rings. The quantitative estimate of drug-likeness (QED) is 0.777. The van der Waals surface area contributed by atoms with Gasteiger partial charge >= 0.3 is 5.97 Å². The van der Waals surface area contributed by atoms with E-state index in [1.54, 1.807) is 19.2 Å². The lowest BCUT2D eigenvalue weighted by molar-refractivity contribution is -0.141. The Bertz CT molecular complexity index is 741. The molecule has 0 bridgehead atoms. The number of nitriles is 1. The maximum absolute atomic E-state index is 11.3. The molecule has 130 valence electrons. The van der Waals surface area contributed by atoms with Gasteiger partial charge in [-0.05, 0) is 53.9 Å². The van der Waals surface area contributed by atoms with E-state index in [1.165, 1.54) is 6.92 Å². The predicted molar refractivity (Wildman–Crippen MR) is 96.5 cm³/mol. The third kappa shape index (κ3) is 5.25. The van der Waals surface area contributed by atoms with Crippen LogP contribution in [-0.4, -0.2) is 19.7 Å². The smallest absolute Gasteiger partial charge is 0.302 e. The van der Waals surface area contributed by atoms with Crippen LogP contribution < -0.4 is 10.1 Å². The van der Waals surface area contributed by atoms with E-state index in [9.17, 15) is 4.79 Å². The Morgan fingerprint density at radius 2 is 1.96 bits per heavy atom. The Hall–Kier alpha value is -3.00. The minimum atomic E-state index is -0.328. The largest absolute Gasteiger partial charge is 0.497 e. The molecule has 5 nitrogen and oxygen atoms in total. The lowest BCUT2D eigenvalue weighted by atomic mass is 10.0.